The predicted octanol–water partition coefficient (Wildman–Crippen LogP) is 2.23. The van der Waals surface area contributed by atoms with E-state index in [1.165, 1.54) is 12.1 Å². The fourth-order valence-electron chi connectivity index (χ4n) is 1.89. The van der Waals surface area contributed by atoms with E-state index in [0.717, 1.165) is 12.8 Å². The average molecular weight is 342 g/mol. The number of amides is 1. The van der Waals surface area contributed by atoms with Crippen molar-refractivity contribution in [1.82, 2.24) is 5.32 Å². The molecule has 0 bridgehead atoms. The first-order valence-electron chi connectivity index (χ1n) is 6.42. The molecule has 0 spiro atoms. The zero-order chi connectivity index (χ0) is 14.7. The Hall–Kier alpha value is -1.56. The van der Waals surface area contributed by atoms with Crippen LogP contribution in [-0.2, 0) is 9.53 Å². The van der Waals surface area contributed by atoms with Crippen LogP contribution in [-0.4, -0.2) is 29.6 Å². The van der Waals surface area contributed by atoms with E-state index < -0.39 is 5.97 Å². The van der Waals surface area contributed by atoms with Crippen molar-refractivity contribution in [3.05, 3.63) is 28.2 Å². The summed E-state index contributed by atoms with van der Waals surface area (Å²) in [5.41, 5.74) is 0.0300. The van der Waals surface area contributed by atoms with E-state index in [4.69, 9.17) is 4.74 Å². The molecule has 20 heavy (non-hydrogen) atoms. The molecule has 1 aromatic rings. The van der Waals surface area contributed by atoms with Crippen molar-refractivity contribution in [2.45, 2.75) is 25.8 Å². The number of rotatable bonds is 5. The third kappa shape index (κ3) is 3.96. The average Bonchev–Trinajstić information content (AvgIpc) is 3.23. The molecule has 1 amide bonds. The SMILES string of the molecule is C[C@H](NC(=O)COC(=O)c1cc(Br)ccc1O)C1CC1. The van der Waals surface area contributed by atoms with Gasteiger partial charge in [0.05, 0.1) is 0 Å². The molecule has 0 aromatic heterocycles. The van der Waals surface area contributed by atoms with Crippen molar-refractivity contribution in [3.8, 4) is 5.75 Å². The number of nitrogens with one attached hydrogen (secondary N) is 1. The quantitative estimate of drug-likeness (QED) is 0.805. The number of esters is 1. The van der Waals surface area contributed by atoms with Gasteiger partial charge in [0.2, 0.25) is 0 Å². The number of aromatic hydroxyl groups is 1. The normalized spacial score (nSPS) is 15.5. The molecule has 2 N–H and O–H groups in total. The number of phenolic OH excluding ortho intramolecular Hbond substituents is 1. The maximum absolute atomic E-state index is 11.8. The summed E-state index contributed by atoms with van der Waals surface area (Å²) < 4.78 is 5.54. The number of hydrogen-bond donors (Lipinski definition) is 2. The molecular formula is C14H16BrNO4. The Morgan fingerprint density at radius 3 is 2.85 bits per heavy atom. The lowest BCUT2D eigenvalue weighted by atomic mass is 10.2. The summed E-state index contributed by atoms with van der Waals surface area (Å²) in [6.07, 6.45) is 2.26. The van der Waals surface area contributed by atoms with E-state index in [9.17, 15) is 14.7 Å². The van der Waals surface area contributed by atoms with Crippen LogP contribution in [0, 0.1) is 5.92 Å². The van der Waals surface area contributed by atoms with Crippen molar-refractivity contribution >= 4 is 27.8 Å². The smallest absolute Gasteiger partial charge is 0.342 e. The lowest BCUT2D eigenvalue weighted by Gasteiger charge is -2.13. The Labute approximate surface area is 125 Å². The van der Waals surface area contributed by atoms with Crippen LogP contribution in [0.4, 0.5) is 0 Å². The van der Waals surface area contributed by atoms with Gasteiger partial charge in [-0.3, -0.25) is 4.79 Å². The molecule has 0 radical (unpaired) electrons. The molecule has 0 unspecified atom stereocenters. The first kappa shape index (κ1) is 14.8. The number of hydrogen-bond acceptors (Lipinski definition) is 4. The van der Waals surface area contributed by atoms with E-state index in [2.05, 4.69) is 21.2 Å². The molecule has 0 saturated heterocycles. The summed E-state index contributed by atoms with van der Waals surface area (Å²) in [6.45, 7) is 1.60. The van der Waals surface area contributed by atoms with Gasteiger partial charge >= 0.3 is 5.97 Å². The van der Waals surface area contributed by atoms with Gasteiger partial charge in [-0.05, 0) is 43.9 Å². The maximum Gasteiger partial charge on any atom is 0.342 e. The molecule has 1 aliphatic rings. The van der Waals surface area contributed by atoms with Gasteiger partial charge in [-0.25, -0.2) is 4.79 Å². The fourth-order valence-corrected chi connectivity index (χ4v) is 2.25. The Morgan fingerprint density at radius 2 is 2.20 bits per heavy atom. The maximum atomic E-state index is 11.8. The monoisotopic (exact) mass is 341 g/mol. The Balaban J connectivity index is 1.85. The van der Waals surface area contributed by atoms with Crippen LogP contribution >= 0.6 is 15.9 Å². The Bertz CT molecular complexity index is 528. The molecule has 6 heteroatoms. The van der Waals surface area contributed by atoms with Gasteiger partial charge in [0.25, 0.3) is 5.91 Å². The van der Waals surface area contributed by atoms with Crippen molar-refractivity contribution in [2.75, 3.05) is 6.61 Å². The number of phenols is 1. The summed E-state index contributed by atoms with van der Waals surface area (Å²) in [5, 5.41) is 12.4. The molecule has 1 saturated carbocycles. The highest BCUT2D eigenvalue weighted by Crippen LogP contribution is 2.32. The summed E-state index contributed by atoms with van der Waals surface area (Å²) in [6, 6.07) is 4.55. The molecule has 1 aliphatic carbocycles. The van der Waals surface area contributed by atoms with E-state index in [1.807, 2.05) is 6.92 Å². The Kier molecular flexibility index (Phi) is 4.65. The molecular weight excluding hydrogens is 326 g/mol. The third-order valence-electron chi connectivity index (χ3n) is 3.23. The Morgan fingerprint density at radius 1 is 1.50 bits per heavy atom. The van der Waals surface area contributed by atoms with Gasteiger partial charge in [-0.1, -0.05) is 15.9 Å². The molecule has 1 atom stereocenters. The summed E-state index contributed by atoms with van der Waals surface area (Å²) >= 11 is 3.20. The second-order valence-electron chi connectivity index (χ2n) is 4.93. The van der Waals surface area contributed by atoms with Crippen LogP contribution in [0.3, 0.4) is 0 Å². The van der Waals surface area contributed by atoms with E-state index >= 15 is 0 Å². The van der Waals surface area contributed by atoms with E-state index in [-0.39, 0.29) is 29.9 Å². The lowest BCUT2D eigenvalue weighted by molar-refractivity contribution is -0.125. The molecule has 0 aliphatic heterocycles. The zero-order valence-electron chi connectivity index (χ0n) is 11.1. The first-order valence-corrected chi connectivity index (χ1v) is 7.21. The lowest BCUT2D eigenvalue weighted by Crippen LogP contribution is -2.37. The van der Waals surface area contributed by atoms with Gasteiger partial charge in [0, 0.05) is 10.5 Å². The molecule has 0 heterocycles. The standard InChI is InChI=1S/C14H16BrNO4/c1-8(9-2-3-9)16-13(18)7-20-14(19)11-6-10(15)4-5-12(11)17/h4-6,8-9,17H,2-3,7H2,1H3,(H,16,18)/t8-/m0/s1. The minimum Gasteiger partial charge on any atom is -0.507 e. The molecule has 1 aromatic carbocycles. The highest BCUT2D eigenvalue weighted by molar-refractivity contribution is 9.10. The van der Waals surface area contributed by atoms with Gasteiger partial charge in [-0.15, -0.1) is 0 Å². The van der Waals surface area contributed by atoms with Gasteiger partial charge in [0.1, 0.15) is 11.3 Å². The van der Waals surface area contributed by atoms with Gasteiger partial charge < -0.3 is 15.2 Å². The van der Waals surface area contributed by atoms with Gasteiger partial charge in [-0.2, -0.15) is 0 Å². The minimum atomic E-state index is -0.724. The van der Waals surface area contributed by atoms with E-state index in [0.29, 0.717) is 10.4 Å². The topological polar surface area (TPSA) is 75.6 Å². The van der Waals surface area contributed by atoms with Crippen molar-refractivity contribution < 1.29 is 19.4 Å². The number of benzene rings is 1. The summed E-state index contributed by atoms with van der Waals surface area (Å²) in [4.78, 5) is 23.4. The van der Waals surface area contributed by atoms with Crippen LogP contribution in [0.15, 0.2) is 22.7 Å². The molecule has 108 valence electrons. The number of ether oxygens (including phenoxy) is 1. The van der Waals surface area contributed by atoms with E-state index in [1.54, 1.807) is 6.07 Å². The van der Waals surface area contributed by atoms with Crippen LogP contribution in [0.1, 0.15) is 30.1 Å². The summed E-state index contributed by atoms with van der Waals surface area (Å²) in [5.74, 6) is -0.681. The highest BCUT2D eigenvalue weighted by Gasteiger charge is 2.29. The third-order valence-corrected chi connectivity index (χ3v) is 3.72. The fraction of sp³-hybridized carbons (Fsp3) is 0.429. The molecule has 1 fully saturated rings. The van der Waals surface area contributed by atoms with Crippen LogP contribution in [0.25, 0.3) is 0 Å². The zero-order valence-corrected chi connectivity index (χ0v) is 12.6. The van der Waals surface area contributed by atoms with Crippen molar-refractivity contribution in [1.29, 1.82) is 0 Å². The molecule has 2 rings (SSSR count). The van der Waals surface area contributed by atoms with Crippen molar-refractivity contribution in [2.24, 2.45) is 5.92 Å². The number of carbonyl (C=O) groups is 2. The number of carbonyl (C=O) groups excluding carboxylic acids is 2. The largest absolute Gasteiger partial charge is 0.507 e. The van der Waals surface area contributed by atoms with Crippen LogP contribution < -0.4 is 5.32 Å². The minimum absolute atomic E-state index is 0.0300. The van der Waals surface area contributed by atoms with Gasteiger partial charge in [0.15, 0.2) is 6.61 Å². The molecule has 5 nitrogen and oxygen atoms in total. The second kappa shape index (κ2) is 6.26. The first-order chi connectivity index (χ1) is 9.47. The van der Waals surface area contributed by atoms with Crippen LogP contribution in [0.2, 0.25) is 0 Å². The highest BCUT2D eigenvalue weighted by atomic mass is 79.9. The number of halogens is 1. The predicted molar refractivity (Wildman–Crippen MR) is 76.4 cm³/mol. The van der Waals surface area contributed by atoms with Crippen LogP contribution in [0.5, 0.6) is 5.75 Å². The second-order valence-corrected chi connectivity index (χ2v) is 5.85. The summed E-state index contributed by atoms with van der Waals surface area (Å²) in [7, 11) is 0. The van der Waals surface area contributed by atoms with Crippen molar-refractivity contribution in [3.63, 3.8) is 0 Å².